The molecule has 0 aliphatic heterocycles. The Balaban J connectivity index is 3.10. The van der Waals surface area contributed by atoms with Crippen LogP contribution >= 0.6 is 11.6 Å². The van der Waals surface area contributed by atoms with Crippen molar-refractivity contribution in [2.75, 3.05) is 0 Å². The average molecular weight is 251 g/mol. The van der Waals surface area contributed by atoms with Crippen molar-refractivity contribution in [2.45, 2.75) is 20.0 Å². The topological polar surface area (TPSA) is 46.5 Å². The second-order valence-corrected chi connectivity index (χ2v) is 3.57. The summed E-state index contributed by atoms with van der Waals surface area (Å²) in [4.78, 5) is 10.5. The van der Waals surface area contributed by atoms with E-state index in [0.29, 0.717) is 11.1 Å². The Kier molecular flexibility index (Phi) is 4.06. The molecular weight excluding hydrogens is 242 g/mol. The summed E-state index contributed by atoms with van der Waals surface area (Å²) in [5, 5.41) is 8.79. The van der Waals surface area contributed by atoms with Gasteiger partial charge in [0.05, 0.1) is 6.42 Å². The SMILES string of the molecule is Cc1c(CC(=O)O)cc(Cl)cc1OC(F)F. The summed E-state index contributed by atoms with van der Waals surface area (Å²) in [6.45, 7) is -1.46. The molecule has 0 amide bonds. The van der Waals surface area contributed by atoms with Gasteiger partial charge < -0.3 is 9.84 Å². The van der Waals surface area contributed by atoms with Crippen LogP contribution in [0.4, 0.5) is 8.78 Å². The van der Waals surface area contributed by atoms with E-state index in [1.165, 1.54) is 19.1 Å². The van der Waals surface area contributed by atoms with E-state index in [1.807, 2.05) is 0 Å². The molecule has 1 rings (SSSR count). The average Bonchev–Trinajstić information content (AvgIpc) is 2.11. The first-order valence-electron chi connectivity index (χ1n) is 4.35. The summed E-state index contributed by atoms with van der Waals surface area (Å²) in [5.74, 6) is -1.16. The molecule has 0 aliphatic rings. The molecule has 1 aromatic rings. The minimum absolute atomic E-state index is 0.0984. The lowest BCUT2D eigenvalue weighted by molar-refractivity contribution is -0.136. The lowest BCUT2D eigenvalue weighted by Crippen LogP contribution is -2.07. The summed E-state index contributed by atoms with van der Waals surface area (Å²) < 4.78 is 28.3. The fourth-order valence-electron chi connectivity index (χ4n) is 1.27. The predicted octanol–water partition coefficient (Wildman–Crippen LogP) is 2.88. The lowest BCUT2D eigenvalue weighted by atomic mass is 10.1. The molecule has 88 valence electrons. The predicted molar refractivity (Wildman–Crippen MR) is 54.2 cm³/mol. The molecule has 0 fully saturated rings. The van der Waals surface area contributed by atoms with Gasteiger partial charge in [-0.05, 0) is 30.2 Å². The molecule has 3 nitrogen and oxygen atoms in total. The molecule has 0 heterocycles. The Morgan fingerprint density at radius 3 is 2.69 bits per heavy atom. The molecule has 0 atom stereocenters. The first-order chi connectivity index (χ1) is 7.40. The highest BCUT2D eigenvalue weighted by molar-refractivity contribution is 6.30. The maximum atomic E-state index is 12.0. The van der Waals surface area contributed by atoms with Gasteiger partial charge in [0.2, 0.25) is 0 Å². The van der Waals surface area contributed by atoms with Crippen molar-refractivity contribution in [1.29, 1.82) is 0 Å². The van der Waals surface area contributed by atoms with Crippen LogP contribution in [0.3, 0.4) is 0 Å². The van der Waals surface area contributed by atoms with Crippen molar-refractivity contribution >= 4 is 17.6 Å². The van der Waals surface area contributed by atoms with E-state index in [-0.39, 0.29) is 17.2 Å². The van der Waals surface area contributed by atoms with Gasteiger partial charge in [0, 0.05) is 5.02 Å². The normalized spacial score (nSPS) is 10.6. The number of ether oxygens (including phenoxy) is 1. The number of carboxylic acids is 1. The molecule has 0 spiro atoms. The van der Waals surface area contributed by atoms with Gasteiger partial charge in [0.25, 0.3) is 0 Å². The second-order valence-electron chi connectivity index (χ2n) is 3.14. The van der Waals surface area contributed by atoms with Gasteiger partial charge in [-0.3, -0.25) is 4.79 Å². The van der Waals surface area contributed by atoms with Crippen LogP contribution < -0.4 is 4.74 Å². The zero-order valence-electron chi connectivity index (χ0n) is 8.34. The van der Waals surface area contributed by atoms with Crippen LogP contribution in [0.1, 0.15) is 11.1 Å². The molecular formula is C10H9ClF2O3. The largest absolute Gasteiger partial charge is 0.481 e. The monoisotopic (exact) mass is 250 g/mol. The van der Waals surface area contributed by atoms with Gasteiger partial charge in [-0.25, -0.2) is 0 Å². The van der Waals surface area contributed by atoms with Gasteiger partial charge >= 0.3 is 12.6 Å². The maximum Gasteiger partial charge on any atom is 0.387 e. The minimum Gasteiger partial charge on any atom is -0.481 e. The number of alkyl halides is 2. The highest BCUT2D eigenvalue weighted by Gasteiger charge is 2.13. The Bertz CT molecular complexity index is 407. The number of hydrogen-bond acceptors (Lipinski definition) is 2. The first kappa shape index (κ1) is 12.7. The molecule has 0 saturated carbocycles. The highest BCUT2D eigenvalue weighted by atomic mass is 35.5. The van der Waals surface area contributed by atoms with Crippen LogP contribution in [-0.2, 0) is 11.2 Å². The molecule has 0 saturated heterocycles. The van der Waals surface area contributed by atoms with Crippen LogP contribution in [-0.4, -0.2) is 17.7 Å². The van der Waals surface area contributed by atoms with E-state index in [0.717, 1.165) is 0 Å². The van der Waals surface area contributed by atoms with Crippen molar-refractivity contribution < 1.29 is 23.4 Å². The Labute approximate surface area is 95.6 Å². The van der Waals surface area contributed by atoms with Crippen LogP contribution in [0.25, 0.3) is 0 Å². The van der Waals surface area contributed by atoms with Crippen molar-refractivity contribution in [2.24, 2.45) is 0 Å². The van der Waals surface area contributed by atoms with Crippen molar-refractivity contribution in [3.05, 3.63) is 28.3 Å². The van der Waals surface area contributed by atoms with E-state index >= 15 is 0 Å². The van der Waals surface area contributed by atoms with E-state index in [9.17, 15) is 13.6 Å². The van der Waals surface area contributed by atoms with Gasteiger partial charge in [-0.2, -0.15) is 8.78 Å². The molecule has 1 N–H and O–H groups in total. The van der Waals surface area contributed by atoms with Crippen LogP contribution in [0, 0.1) is 6.92 Å². The third kappa shape index (κ3) is 3.34. The smallest absolute Gasteiger partial charge is 0.387 e. The van der Waals surface area contributed by atoms with E-state index in [2.05, 4.69) is 4.74 Å². The Morgan fingerprint density at radius 2 is 2.19 bits per heavy atom. The molecule has 16 heavy (non-hydrogen) atoms. The molecule has 0 unspecified atom stereocenters. The van der Waals surface area contributed by atoms with E-state index < -0.39 is 12.6 Å². The van der Waals surface area contributed by atoms with E-state index in [1.54, 1.807) is 0 Å². The Morgan fingerprint density at radius 1 is 1.56 bits per heavy atom. The summed E-state index contributed by atoms with van der Waals surface area (Å²) in [6.07, 6.45) is -0.286. The van der Waals surface area contributed by atoms with E-state index in [4.69, 9.17) is 16.7 Å². The number of benzene rings is 1. The minimum atomic E-state index is -2.96. The fourth-order valence-corrected chi connectivity index (χ4v) is 1.50. The molecule has 0 aromatic heterocycles. The van der Waals surface area contributed by atoms with Crippen LogP contribution in [0.15, 0.2) is 12.1 Å². The second kappa shape index (κ2) is 5.12. The summed E-state index contributed by atoms with van der Waals surface area (Å²) >= 11 is 5.67. The number of halogens is 3. The number of aliphatic carboxylic acids is 1. The van der Waals surface area contributed by atoms with Crippen molar-refractivity contribution in [3.63, 3.8) is 0 Å². The zero-order chi connectivity index (χ0) is 12.3. The molecule has 1 aromatic carbocycles. The van der Waals surface area contributed by atoms with Gasteiger partial charge in [0.1, 0.15) is 5.75 Å². The van der Waals surface area contributed by atoms with Crippen LogP contribution in [0.5, 0.6) is 5.75 Å². The first-order valence-corrected chi connectivity index (χ1v) is 4.73. The molecule has 0 bridgehead atoms. The number of hydrogen-bond donors (Lipinski definition) is 1. The molecule has 0 radical (unpaired) electrons. The fraction of sp³-hybridized carbons (Fsp3) is 0.300. The third-order valence-electron chi connectivity index (χ3n) is 1.99. The quantitative estimate of drug-likeness (QED) is 0.894. The summed E-state index contributed by atoms with van der Waals surface area (Å²) in [7, 11) is 0. The van der Waals surface area contributed by atoms with Gasteiger partial charge in [0.15, 0.2) is 0 Å². The van der Waals surface area contributed by atoms with Gasteiger partial charge in [-0.15, -0.1) is 0 Å². The van der Waals surface area contributed by atoms with Crippen LogP contribution in [0.2, 0.25) is 5.02 Å². The maximum absolute atomic E-state index is 12.0. The third-order valence-corrected chi connectivity index (χ3v) is 2.21. The van der Waals surface area contributed by atoms with Crippen molar-refractivity contribution in [3.8, 4) is 5.75 Å². The molecule has 6 heteroatoms. The van der Waals surface area contributed by atoms with Gasteiger partial charge in [-0.1, -0.05) is 11.6 Å². The number of carbonyl (C=O) groups is 1. The highest BCUT2D eigenvalue weighted by Crippen LogP contribution is 2.28. The summed E-state index contributed by atoms with van der Waals surface area (Å²) in [6, 6.07) is 2.65. The molecule has 0 aliphatic carbocycles. The standard InChI is InChI=1S/C10H9ClF2O3/c1-5-6(3-9(14)15)2-7(11)4-8(5)16-10(12)13/h2,4,10H,3H2,1H3,(H,14,15). The zero-order valence-corrected chi connectivity index (χ0v) is 9.09. The summed E-state index contributed by atoms with van der Waals surface area (Å²) in [5.41, 5.74) is 0.711. The number of carboxylic acid groups (broad SMARTS) is 1. The number of rotatable bonds is 4. The lowest BCUT2D eigenvalue weighted by Gasteiger charge is -2.11. The Hall–Kier alpha value is -1.36. The van der Waals surface area contributed by atoms with Crippen molar-refractivity contribution in [1.82, 2.24) is 0 Å².